The van der Waals surface area contributed by atoms with Crippen molar-refractivity contribution in [3.8, 4) is 6.07 Å². The first-order chi connectivity index (χ1) is 11.6. The van der Waals surface area contributed by atoms with Gasteiger partial charge in [-0.2, -0.15) is 10.4 Å². The molecule has 2 aromatic heterocycles. The molecule has 1 aliphatic rings. The van der Waals surface area contributed by atoms with Crippen molar-refractivity contribution < 1.29 is 4.79 Å². The molecule has 126 valence electrons. The highest BCUT2D eigenvalue weighted by atomic mass is 16.2. The van der Waals surface area contributed by atoms with Gasteiger partial charge in [0.05, 0.1) is 30.2 Å². The molecule has 24 heavy (non-hydrogen) atoms. The molecule has 3 rings (SSSR count). The second-order valence-electron chi connectivity index (χ2n) is 6.11. The number of nitriles is 1. The summed E-state index contributed by atoms with van der Waals surface area (Å²) in [4.78, 5) is 18.6. The monoisotopic (exact) mass is 327 g/mol. The number of carbonyl (C=O) groups is 1. The normalized spacial score (nSPS) is 16.0. The van der Waals surface area contributed by atoms with Crippen LogP contribution in [0.4, 0.5) is 10.5 Å². The molecule has 0 aliphatic carbocycles. The maximum atomic E-state index is 12.2. The van der Waals surface area contributed by atoms with E-state index in [9.17, 15) is 4.79 Å². The van der Waals surface area contributed by atoms with E-state index in [-0.39, 0.29) is 12.1 Å². The molecular formula is C16H21N7O. The number of carbonyl (C=O) groups excluding carboxylic acids is 1. The number of pyridine rings is 1. The van der Waals surface area contributed by atoms with Crippen LogP contribution >= 0.6 is 0 Å². The highest BCUT2D eigenvalue weighted by molar-refractivity contribution is 5.92. The Morgan fingerprint density at radius 3 is 2.92 bits per heavy atom. The minimum atomic E-state index is -0.226. The van der Waals surface area contributed by atoms with Gasteiger partial charge in [-0.1, -0.05) is 0 Å². The van der Waals surface area contributed by atoms with Gasteiger partial charge >= 0.3 is 6.03 Å². The molecule has 1 saturated heterocycles. The predicted molar refractivity (Wildman–Crippen MR) is 90.5 cm³/mol. The number of likely N-dealkylation sites (tertiary alicyclic amines) is 1. The number of anilines is 1. The fourth-order valence-corrected chi connectivity index (χ4v) is 3.06. The van der Waals surface area contributed by atoms with Gasteiger partial charge in [0.1, 0.15) is 0 Å². The second-order valence-corrected chi connectivity index (χ2v) is 6.11. The molecule has 0 atom stereocenters. The summed E-state index contributed by atoms with van der Waals surface area (Å²) in [5.74, 6) is 0. The Labute approximate surface area is 140 Å². The van der Waals surface area contributed by atoms with E-state index in [0.29, 0.717) is 12.2 Å². The van der Waals surface area contributed by atoms with Crippen LogP contribution in [-0.4, -0.2) is 51.4 Å². The summed E-state index contributed by atoms with van der Waals surface area (Å²) in [5, 5.41) is 19.8. The summed E-state index contributed by atoms with van der Waals surface area (Å²) in [6.45, 7) is 4.04. The molecule has 0 unspecified atom stereocenters. The van der Waals surface area contributed by atoms with Crippen LogP contribution in [0.1, 0.15) is 18.5 Å². The number of aromatic nitrogens is 3. The van der Waals surface area contributed by atoms with Crippen molar-refractivity contribution in [2.24, 2.45) is 7.05 Å². The molecular weight excluding hydrogens is 306 g/mol. The lowest BCUT2D eigenvalue weighted by molar-refractivity contribution is 0.211. The van der Waals surface area contributed by atoms with Gasteiger partial charge in [0.15, 0.2) is 5.65 Å². The van der Waals surface area contributed by atoms with E-state index in [1.807, 2.05) is 20.0 Å². The van der Waals surface area contributed by atoms with Gasteiger partial charge in [0.25, 0.3) is 0 Å². The molecule has 0 radical (unpaired) electrons. The molecule has 0 spiro atoms. The fraction of sp³-hybridized carbons (Fsp3) is 0.500. The van der Waals surface area contributed by atoms with Gasteiger partial charge in [-0.15, -0.1) is 0 Å². The zero-order valence-electron chi connectivity index (χ0n) is 13.9. The smallest absolute Gasteiger partial charge is 0.319 e. The third-order valence-electron chi connectivity index (χ3n) is 4.34. The average molecular weight is 327 g/mol. The Morgan fingerprint density at radius 2 is 2.21 bits per heavy atom. The van der Waals surface area contributed by atoms with E-state index in [1.54, 1.807) is 10.9 Å². The molecule has 3 heterocycles. The molecule has 1 aliphatic heterocycles. The van der Waals surface area contributed by atoms with Gasteiger partial charge in [-0.3, -0.25) is 9.58 Å². The SMILES string of the molecule is Cc1nn(C)c2ncc(NC(=O)NC3CCN(CC#N)CC3)cc12. The lowest BCUT2D eigenvalue weighted by Crippen LogP contribution is -2.46. The first kappa shape index (κ1) is 16.2. The number of amides is 2. The van der Waals surface area contributed by atoms with Gasteiger partial charge < -0.3 is 10.6 Å². The lowest BCUT2D eigenvalue weighted by atomic mass is 10.1. The van der Waals surface area contributed by atoms with Crippen molar-refractivity contribution in [1.29, 1.82) is 5.26 Å². The number of hydrogen-bond acceptors (Lipinski definition) is 5. The van der Waals surface area contributed by atoms with E-state index in [0.717, 1.165) is 42.7 Å². The van der Waals surface area contributed by atoms with Crippen LogP contribution in [0.25, 0.3) is 11.0 Å². The molecule has 2 aromatic rings. The van der Waals surface area contributed by atoms with Crippen molar-refractivity contribution in [3.63, 3.8) is 0 Å². The summed E-state index contributed by atoms with van der Waals surface area (Å²) in [6, 6.07) is 3.96. The first-order valence-electron chi connectivity index (χ1n) is 8.03. The Bertz CT molecular complexity index is 784. The molecule has 2 N–H and O–H groups in total. The minimum absolute atomic E-state index is 0.136. The van der Waals surface area contributed by atoms with Crippen LogP contribution in [0, 0.1) is 18.3 Å². The summed E-state index contributed by atoms with van der Waals surface area (Å²) >= 11 is 0. The minimum Gasteiger partial charge on any atom is -0.335 e. The van der Waals surface area contributed by atoms with Gasteiger partial charge in [0.2, 0.25) is 0 Å². The number of rotatable bonds is 3. The van der Waals surface area contributed by atoms with Crippen LogP contribution < -0.4 is 10.6 Å². The Kier molecular flexibility index (Phi) is 4.62. The van der Waals surface area contributed by atoms with Crippen molar-refractivity contribution in [2.45, 2.75) is 25.8 Å². The zero-order valence-corrected chi connectivity index (χ0v) is 13.9. The maximum Gasteiger partial charge on any atom is 0.319 e. The number of nitrogens with one attached hydrogen (secondary N) is 2. The number of piperidine rings is 1. The molecule has 0 aromatic carbocycles. The van der Waals surface area contributed by atoms with Crippen molar-refractivity contribution in [3.05, 3.63) is 18.0 Å². The van der Waals surface area contributed by atoms with Crippen LogP contribution in [0.3, 0.4) is 0 Å². The molecule has 0 saturated carbocycles. The predicted octanol–water partition coefficient (Wildman–Crippen LogP) is 1.39. The number of aryl methyl sites for hydroxylation is 2. The van der Waals surface area contributed by atoms with Crippen molar-refractivity contribution in [2.75, 3.05) is 25.0 Å². The molecule has 2 amide bonds. The van der Waals surface area contributed by atoms with Crippen LogP contribution in [-0.2, 0) is 7.05 Å². The molecule has 1 fully saturated rings. The van der Waals surface area contributed by atoms with E-state index in [1.165, 1.54) is 0 Å². The molecule has 8 nitrogen and oxygen atoms in total. The van der Waals surface area contributed by atoms with E-state index in [2.05, 4.69) is 31.7 Å². The average Bonchev–Trinajstić information content (AvgIpc) is 2.84. The van der Waals surface area contributed by atoms with Crippen molar-refractivity contribution in [1.82, 2.24) is 25.0 Å². The number of urea groups is 1. The lowest BCUT2D eigenvalue weighted by Gasteiger charge is -2.30. The molecule has 8 heteroatoms. The van der Waals surface area contributed by atoms with Crippen LogP contribution in [0.2, 0.25) is 0 Å². The maximum absolute atomic E-state index is 12.2. The highest BCUT2D eigenvalue weighted by Crippen LogP contribution is 2.19. The van der Waals surface area contributed by atoms with Crippen molar-refractivity contribution >= 4 is 22.8 Å². The molecule has 0 bridgehead atoms. The third-order valence-corrected chi connectivity index (χ3v) is 4.34. The summed E-state index contributed by atoms with van der Waals surface area (Å²) < 4.78 is 1.73. The summed E-state index contributed by atoms with van der Waals surface area (Å²) in [5.41, 5.74) is 2.33. The Hall–Kier alpha value is -2.66. The first-order valence-corrected chi connectivity index (χ1v) is 8.03. The highest BCUT2D eigenvalue weighted by Gasteiger charge is 2.20. The topological polar surface area (TPSA) is 98.9 Å². The Morgan fingerprint density at radius 1 is 1.46 bits per heavy atom. The third kappa shape index (κ3) is 3.46. The zero-order chi connectivity index (χ0) is 17.1. The standard InChI is InChI=1S/C16H21N7O/c1-11-14-9-13(10-18-15(14)22(2)21-11)20-16(24)19-12-3-6-23(7-4-12)8-5-17/h9-10,12H,3-4,6-8H2,1-2H3,(H2,19,20,24). The van der Waals surface area contributed by atoms with Gasteiger partial charge in [0, 0.05) is 31.6 Å². The largest absolute Gasteiger partial charge is 0.335 e. The van der Waals surface area contributed by atoms with E-state index in [4.69, 9.17) is 5.26 Å². The van der Waals surface area contributed by atoms with E-state index < -0.39 is 0 Å². The number of nitrogens with zero attached hydrogens (tertiary/aromatic N) is 5. The second kappa shape index (κ2) is 6.84. The summed E-state index contributed by atoms with van der Waals surface area (Å²) in [7, 11) is 1.85. The quantitative estimate of drug-likeness (QED) is 0.830. The fourth-order valence-electron chi connectivity index (χ4n) is 3.06. The number of hydrogen-bond donors (Lipinski definition) is 2. The van der Waals surface area contributed by atoms with Gasteiger partial charge in [-0.05, 0) is 25.8 Å². The van der Waals surface area contributed by atoms with E-state index >= 15 is 0 Å². The van der Waals surface area contributed by atoms with Crippen LogP contribution in [0.5, 0.6) is 0 Å². The summed E-state index contributed by atoms with van der Waals surface area (Å²) in [6.07, 6.45) is 3.35. The van der Waals surface area contributed by atoms with Crippen LogP contribution in [0.15, 0.2) is 12.3 Å². The Balaban J connectivity index is 1.57. The number of fused-ring (bicyclic) bond motifs is 1. The van der Waals surface area contributed by atoms with Gasteiger partial charge in [-0.25, -0.2) is 9.78 Å².